The van der Waals surface area contributed by atoms with E-state index in [1.54, 1.807) is 7.11 Å². The van der Waals surface area contributed by atoms with Gasteiger partial charge in [-0.1, -0.05) is 13.8 Å². The van der Waals surface area contributed by atoms with Gasteiger partial charge in [0.2, 0.25) is 5.91 Å². The predicted octanol–water partition coefficient (Wildman–Crippen LogP) is -0.336. The second-order valence-electron chi connectivity index (χ2n) is 4.36. The molecular weight excluding hydrogens is 206 g/mol. The Kier molecular flexibility index (Phi) is 8.15. The van der Waals surface area contributed by atoms with Crippen LogP contribution in [0.25, 0.3) is 0 Å². The zero-order valence-electron chi connectivity index (χ0n) is 10.8. The summed E-state index contributed by atoms with van der Waals surface area (Å²) in [5.74, 6) is 0.0985. The molecule has 0 aliphatic rings. The molecule has 5 nitrogen and oxygen atoms in total. The number of nitrogens with two attached hydrogens (primary N) is 1. The zero-order chi connectivity index (χ0) is 12.6. The lowest BCUT2D eigenvalue weighted by Gasteiger charge is -2.18. The van der Waals surface area contributed by atoms with Crippen LogP contribution in [0.4, 0.5) is 0 Å². The second-order valence-corrected chi connectivity index (χ2v) is 4.36. The van der Waals surface area contributed by atoms with Gasteiger partial charge >= 0.3 is 0 Å². The van der Waals surface area contributed by atoms with Crippen LogP contribution in [-0.4, -0.2) is 57.2 Å². The van der Waals surface area contributed by atoms with Gasteiger partial charge in [-0.3, -0.25) is 4.79 Å². The maximum absolute atomic E-state index is 11.5. The Labute approximate surface area is 98.3 Å². The smallest absolute Gasteiger partial charge is 0.237 e. The summed E-state index contributed by atoms with van der Waals surface area (Å²) in [6, 6.07) is -0.413. The van der Waals surface area contributed by atoms with Gasteiger partial charge in [0, 0.05) is 26.7 Å². The van der Waals surface area contributed by atoms with Crippen LogP contribution >= 0.6 is 0 Å². The summed E-state index contributed by atoms with van der Waals surface area (Å²) in [5, 5.41) is 2.82. The van der Waals surface area contributed by atoms with Crippen molar-refractivity contribution in [3.8, 4) is 0 Å². The highest BCUT2D eigenvalue weighted by atomic mass is 16.5. The molecule has 0 unspecified atom stereocenters. The van der Waals surface area contributed by atoms with E-state index in [9.17, 15) is 4.79 Å². The molecule has 3 N–H and O–H groups in total. The van der Waals surface area contributed by atoms with E-state index in [0.29, 0.717) is 13.2 Å². The first-order chi connectivity index (χ1) is 7.49. The highest BCUT2D eigenvalue weighted by Gasteiger charge is 2.16. The Hall–Kier alpha value is -0.650. The number of hydrogen-bond donors (Lipinski definition) is 2. The first-order valence-corrected chi connectivity index (χ1v) is 5.69. The van der Waals surface area contributed by atoms with E-state index >= 15 is 0 Å². The number of nitrogens with zero attached hydrogens (tertiary/aromatic N) is 1. The van der Waals surface area contributed by atoms with Crippen LogP contribution in [0.1, 0.15) is 13.8 Å². The standard InChI is InChI=1S/C11H25N3O2/c1-9(2)10(12)11(15)13-5-6-14(3)7-8-16-4/h9-10H,5-8,12H2,1-4H3,(H,13,15)/t10-/m0/s1. The molecule has 5 heteroatoms. The van der Waals surface area contributed by atoms with E-state index in [1.807, 2.05) is 20.9 Å². The van der Waals surface area contributed by atoms with Gasteiger partial charge in [0.1, 0.15) is 0 Å². The Morgan fingerprint density at radius 3 is 2.56 bits per heavy atom. The van der Waals surface area contributed by atoms with Crippen molar-refractivity contribution < 1.29 is 9.53 Å². The van der Waals surface area contributed by atoms with E-state index in [-0.39, 0.29) is 11.8 Å². The summed E-state index contributed by atoms with van der Waals surface area (Å²) in [6.45, 7) is 6.88. The number of ether oxygens (including phenoxy) is 1. The highest BCUT2D eigenvalue weighted by molar-refractivity contribution is 5.81. The SMILES string of the molecule is COCCN(C)CCNC(=O)[C@@H](N)C(C)C. The number of nitrogens with one attached hydrogen (secondary N) is 1. The van der Waals surface area contributed by atoms with Gasteiger partial charge in [0.05, 0.1) is 12.6 Å². The third-order valence-electron chi connectivity index (χ3n) is 2.49. The van der Waals surface area contributed by atoms with Crippen LogP contribution in [0.2, 0.25) is 0 Å². The molecule has 16 heavy (non-hydrogen) atoms. The zero-order valence-corrected chi connectivity index (χ0v) is 10.8. The third-order valence-corrected chi connectivity index (χ3v) is 2.49. The van der Waals surface area contributed by atoms with E-state index in [4.69, 9.17) is 10.5 Å². The number of carbonyl (C=O) groups excluding carboxylic acids is 1. The normalized spacial score (nSPS) is 13.2. The summed E-state index contributed by atoms with van der Waals surface area (Å²) in [7, 11) is 3.67. The fourth-order valence-corrected chi connectivity index (χ4v) is 1.15. The fraction of sp³-hybridized carbons (Fsp3) is 0.909. The van der Waals surface area contributed by atoms with Gasteiger partial charge in [0.25, 0.3) is 0 Å². The van der Waals surface area contributed by atoms with Crippen LogP contribution in [0.15, 0.2) is 0 Å². The lowest BCUT2D eigenvalue weighted by molar-refractivity contribution is -0.123. The van der Waals surface area contributed by atoms with Gasteiger partial charge in [-0.15, -0.1) is 0 Å². The molecule has 0 aliphatic heterocycles. The van der Waals surface area contributed by atoms with Crippen molar-refractivity contribution >= 4 is 5.91 Å². The molecular formula is C11H25N3O2. The number of likely N-dealkylation sites (N-methyl/N-ethyl adjacent to an activating group) is 1. The summed E-state index contributed by atoms with van der Waals surface area (Å²) in [6.07, 6.45) is 0. The first-order valence-electron chi connectivity index (χ1n) is 5.69. The number of amides is 1. The van der Waals surface area contributed by atoms with Crippen LogP contribution in [0.3, 0.4) is 0 Å². The van der Waals surface area contributed by atoms with E-state index in [2.05, 4.69) is 10.2 Å². The molecule has 0 rings (SSSR count). The Morgan fingerprint density at radius 2 is 2.06 bits per heavy atom. The molecule has 0 aliphatic carbocycles. The number of carbonyl (C=O) groups is 1. The predicted molar refractivity (Wildman–Crippen MR) is 65.2 cm³/mol. The minimum Gasteiger partial charge on any atom is -0.383 e. The van der Waals surface area contributed by atoms with Gasteiger partial charge in [-0.25, -0.2) is 0 Å². The number of methoxy groups -OCH3 is 1. The first kappa shape index (κ1) is 15.3. The van der Waals surface area contributed by atoms with Crippen molar-refractivity contribution in [2.24, 2.45) is 11.7 Å². The topological polar surface area (TPSA) is 67.6 Å². The summed E-state index contributed by atoms with van der Waals surface area (Å²) in [5.41, 5.74) is 5.71. The Bertz CT molecular complexity index is 198. The van der Waals surface area contributed by atoms with E-state index in [1.165, 1.54) is 0 Å². The molecule has 0 radical (unpaired) electrons. The number of hydrogen-bond acceptors (Lipinski definition) is 4. The van der Waals surface area contributed by atoms with Gasteiger partial charge in [-0.05, 0) is 13.0 Å². The lowest BCUT2D eigenvalue weighted by atomic mass is 10.1. The van der Waals surface area contributed by atoms with Gasteiger partial charge in [-0.2, -0.15) is 0 Å². The molecule has 0 aromatic rings. The molecule has 1 amide bonds. The fourth-order valence-electron chi connectivity index (χ4n) is 1.15. The average Bonchev–Trinajstić information content (AvgIpc) is 2.24. The second kappa shape index (κ2) is 8.50. The van der Waals surface area contributed by atoms with Crippen LogP contribution in [0.5, 0.6) is 0 Å². The molecule has 0 bridgehead atoms. The minimum absolute atomic E-state index is 0.0739. The molecule has 0 saturated carbocycles. The van der Waals surface area contributed by atoms with Gasteiger partial charge in [0.15, 0.2) is 0 Å². The summed E-state index contributed by atoms with van der Waals surface area (Å²) in [4.78, 5) is 13.6. The van der Waals surface area contributed by atoms with Crippen molar-refractivity contribution in [1.29, 1.82) is 0 Å². The highest BCUT2D eigenvalue weighted by Crippen LogP contribution is 1.97. The van der Waals surface area contributed by atoms with Crippen molar-refractivity contribution in [2.45, 2.75) is 19.9 Å². The largest absolute Gasteiger partial charge is 0.383 e. The van der Waals surface area contributed by atoms with E-state index < -0.39 is 6.04 Å². The minimum atomic E-state index is -0.413. The van der Waals surface area contributed by atoms with Crippen molar-refractivity contribution in [2.75, 3.05) is 40.4 Å². The number of rotatable bonds is 8. The quantitative estimate of drug-likeness (QED) is 0.600. The Morgan fingerprint density at radius 1 is 1.44 bits per heavy atom. The molecule has 0 heterocycles. The van der Waals surface area contributed by atoms with Gasteiger partial charge < -0.3 is 20.7 Å². The molecule has 0 aromatic heterocycles. The molecule has 96 valence electrons. The Balaban J connectivity index is 3.61. The van der Waals surface area contributed by atoms with Crippen molar-refractivity contribution in [3.05, 3.63) is 0 Å². The molecule has 0 fully saturated rings. The molecule has 0 aromatic carbocycles. The molecule has 0 saturated heterocycles. The van der Waals surface area contributed by atoms with Crippen LogP contribution in [-0.2, 0) is 9.53 Å². The third kappa shape index (κ3) is 6.76. The molecule has 1 atom stereocenters. The lowest BCUT2D eigenvalue weighted by Crippen LogP contribution is -2.46. The van der Waals surface area contributed by atoms with E-state index in [0.717, 1.165) is 13.1 Å². The molecule has 0 spiro atoms. The van der Waals surface area contributed by atoms with Crippen molar-refractivity contribution in [1.82, 2.24) is 10.2 Å². The van der Waals surface area contributed by atoms with Crippen molar-refractivity contribution in [3.63, 3.8) is 0 Å². The monoisotopic (exact) mass is 231 g/mol. The summed E-state index contributed by atoms with van der Waals surface area (Å²) < 4.78 is 4.96. The summed E-state index contributed by atoms with van der Waals surface area (Å²) >= 11 is 0. The maximum atomic E-state index is 11.5. The maximum Gasteiger partial charge on any atom is 0.237 e. The van der Waals surface area contributed by atoms with Crippen LogP contribution < -0.4 is 11.1 Å². The average molecular weight is 231 g/mol. The van der Waals surface area contributed by atoms with Crippen LogP contribution in [0, 0.1) is 5.92 Å².